The van der Waals surface area contributed by atoms with E-state index in [0.717, 1.165) is 11.4 Å². The molecule has 6 heteroatoms. The lowest BCUT2D eigenvalue weighted by Gasteiger charge is -2.18. The van der Waals surface area contributed by atoms with Gasteiger partial charge in [0, 0.05) is 5.75 Å². The summed E-state index contributed by atoms with van der Waals surface area (Å²) in [6.07, 6.45) is 0. The van der Waals surface area contributed by atoms with Crippen molar-refractivity contribution in [1.29, 1.82) is 0 Å². The second-order valence-electron chi connectivity index (χ2n) is 3.60. The third-order valence-electron chi connectivity index (χ3n) is 2.55. The molecule has 1 aromatic carbocycles. The lowest BCUT2D eigenvalue weighted by Crippen LogP contribution is -2.37. The number of hydrogen-bond donors (Lipinski definition) is 0. The summed E-state index contributed by atoms with van der Waals surface area (Å²) >= 11 is 8.14. The van der Waals surface area contributed by atoms with Crippen LogP contribution in [-0.2, 0) is 9.53 Å². The number of anilines is 1. The number of para-hydroxylation sites is 1. The Labute approximate surface area is 113 Å². The third-order valence-corrected chi connectivity index (χ3v) is 5.55. The number of thiocarbonyl (C=S) groups is 1. The van der Waals surface area contributed by atoms with Gasteiger partial charge < -0.3 is 4.74 Å². The zero-order valence-corrected chi connectivity index (χ0v) is 11.2. The first kappa shape index (κ1) is 11.5. The standard InChI is InChI=1S/C11H9NO2S3/c13-9-11(14-6-7-16-11)17-10(15)12(9)8-4-2-1-3-5-8/h1-5H,6-7H2. The molecular weight excluding hydrogens is 274 g/mol. The molecule has 2 heterocycles. The van der Waals surface area contributed by atoms with Crippen molar-refractivity contribution in [2.24, 2.45) is 0 Å². The summed E-state index contributed by atoms with van der Waals surface area (Å²) in [7, 11) is 0. The summed E-state index contributed by atoms with van der Waals surface area (Å²) in [6, 6.07) is 9.46. The number of ether oxygens (including phenoxy) is 1. The van der Waals surface area contributed by atoms with Crippen molar-refractivity contribution in [3.05, 3.63) is 30.3 Å². The van der Waals surface area contributed by atoms with Gasteiger partial charge in [0.15, 0.2) is 4.32 Å². The van der Waals surface area contributed by atoms with Crippen LogP contribution in [0.4, 0.5) is 5.69 Å². The molecule has 0 radical (unpaired) electrons. The van der Waals surface area contributed by atoms with Crippen molar-refractivity contribution in [3.8, 4) is 0 Å². The molecule has 3 nitrogen and oxygen atoms in total. The quantitative estimate of drug-likeness (QED) is 0.739. The Morgan fingerprint density at radius 3 is 2.76 bits per heavy atom. The molecule has 1 spiro atoms. The number of rotatable bonds is 1. The molecule has 3 rings (SSSR count). The monoisotopic (exact) mass is 283 g/mol. The normalized spacial score (nSPS) is 28.4. The molecule has 0 aromatic heterocycles. The van der Waals surface area contributed by atoms with Crippen LogP contribution in [0, 0.1) is 0 Å². The van der Waals surface area contributed by atoms with Crippen molar-refractivity contribution in [2.45, 2.75) is 4.27 Å². The van der Waals surface area contributed by atoms with Crippen molar-refractivity contribution in [1.82, 2.24) is 0 Å². The van der Waals surface area contributed by atoms with E-state index in [9.17, 15) is 4.79 Å². The Morgan fingerprint density at radius 1 is 1.35 bits per heavy atom. The molecule has 2 fully saturated rings. The van der Waals surface area contributed by atoms with Gasteiger partial charge in [0.05, 0.1) is 12.3 Å². The van der Waals surface area contributed by atoms with E-state index in [1.165, 1.54) is 23.5 Å². The van der Waals surface area contributed by atoms with Crippen LogP contribution in [0.1, 0.15) is 0 Å². The maximum absolute atomic E-state index is 12.4. The fraction of sp³-hybridized carbons (Fsp3) is 0.273. The van der Waals surface area contributed by atoms with Gasteiger partial charge in [0.1, 0.15) is 0 Å². The minimum atomic E-state index is -0.826. The Bertz CT molecular complexity index is 471. The first-order valence-electron chi connectivity index (χ1n) is 5.13. The molecule has 0 aliphatic carbocycles. The SMILES string of the molecule is O=C1N(c2ccccc2)C(=S)SC12OCCS2. The number of hydrogen-bond acceptors (Lipinski definition) is 5. The Kier molecular flexibility index (Phi) is 2.90. The molecule has 1 unspecified atom stereocenters. The van der Waals surface area contributed by atoms with Gasteiger partial charge in [-0.05, 0) is 23.9 Å². The van der Waals surface area contributed by atoms with E-state index >= 15 is 0 Å². The van der Waals surface area contributed by atoms with E-state index in [4.69, 9.17) is 17.0 Å². The number of nitrogens with zero attached hydrogens (tertiary/aromatic N) is 1. The van der Waals surface area contributed by atoms with Crippen LogP contribution in [0.25, 0.3) is 0 Å². The smallest absolute Gasteiger partial charge is 0.286 e. The maximum Gasteiger partial charge on any atom is 0.286 e. The van der Waals surface area contributed by atoms with Crippen LogP contribution >= 0.6 is 35.7 Å². The van der Waals surface area contributed by atoms with Crippen molar-refractivity contribution < 1.29 is 9.53 Å². The zero-order valence-electron chi connectivity index (χ0n) is 8.79. The fourth-order valence-corrected chi connectivity index (χ4v) is 4.87. The zero-order chi connectivity index (χ0) is 11.9. The maximum atomic E-state index is 12.4. The molecule has 17 heavy (non-hydrogen) atoms. The number of thioether (sulfide) groups is 2. The van der Waals surface area contributed by atoms with Crippen molar-refractivity contribution in [2.75, 3.05) is 17.3 Å². The van der Waals surface area contributed by atoms with Gasteiger partial charge in [-0.2, -0.15) is 0 Å². The van der Waals surface area contributed by atoms with Crippen LogP contribution in [0.15, 0.2) is 30.3 Å². The van der Waals surface area contributed by atoms with Crippen molar-refractivity contribution in [3.63, 3.8) is 0 Å². The molecule has 1 amide bonds. The van der Waals surface area contributed by atoms with Gasteiger partial charge in [-0.1, -0.05) is 30.4 Å². The molecule has 88 valence electrons. The topological polar surface area (TPSA) is 29.5 Å². The van der Waals surface area contributed by atoms with E-state index in [2.05, 4.69) is 0 Å². The van der Waals surface area contributed by atoms with Gasteiger partial charge in [-0.15, -0.1) is 11.8 Å². The van der Waals surface area contributed by atoms with Gasteiger partial charge in [-0.3, -0.25) is 9.69 Å². The average molecular weight is 283 g/mol. The van der Waals surface area contributed by atoms with E-state index in [0.29, 0.717) is 10.9 Å². The minimum Gasteiger partial charge on any atom is -0.346 e. The largest absolute Gasteiger partial charge is 0.346 e. The number of carbonyl (C=O) groups excluding carboxylic acids is 1. The molecule has 0 bridgehead atoms. The Balaban J connectivity index is 1.97. The van der Waals surface area contributed by atoms with E-state index < -0.39 is 4.27 Å². The summed E-state index contributed by atoms with van der Waals surface area (Å²) < 4.78 is 5.32. The van der Waals surface area contributed by atoms with Crippen molar-refractivity contribution >= 4 is 51.7 Å². The summed E-state index contributed by atoms with van der Waals surface area (Å²) in [4.78, 5) is 14.0. The molecule has 1 aromatic rings. The summed E-state index contributed by atoms with van der Waals surface area (Å²) in [5.74, 6) is 0.769. The summed E-state index contributed by atoms with van der Waals surface area (Å²) in [5, 5.41) is 0. The second-order valence-corrected chi connectivity index (χ2v) is 6.94. The van der Waals surface area contributed by atoms with E-state index in [1.807, 2.05) is 30.3 Å². The van der Waals surface area contributed by atoms with Crippen LogP contribution in [0.5, 0.6) is 0 Å². The predicted molar refractivity (Wildman–Crippen MR) is 75.3 cm³/mol. The van der Waals surface area contributed by atoms with Crippen LogP contribution in [-0.4, -0.2) is 26.9 Å². The number of benzene rings is 1. The molecule has 2 aliphatic heterocycles. The molecule has 1 atom stereocenters. The molecule has 2 aliphatic rings. The van der Waals surface area contributed by atoms with Crippen LogP contribution < -0.4 is 4.90 Å². The van der Waals surface area contributed by atoms with Crippen LogP contribution in [0.3, 0.4) is 0 Å². The highest BCUT2D eigenvalue weighted by Gasteiger charge is 2.55. The highest BCUT2D eigenvalue weighted by Crippen LogP contribution is 2.50. The second kappa shape index (κ2) is 4.28. The Morgan fingerprint density at radius 2 is 2.12 bits per heavy atom. The van der Waals surface area contributed by atoms with E-state index in [1.54, 1.807) is 4.90 Å². The fourth-order valence-electron chi connectivity index (χ4n) is 1.80. The predicted octanol–water partition coefficient (Wildman–Crippen LogP) is 2.47. The average Bonchev–Trinajstić information content (AvgIpc) is 2.88. The molecule has 0 saturated carbocycles. The first-order valence-corrected chi connectivity index (χ1v) is 7.34. The Hall–Kier alpha value is -0.560. The first-order chi connectivity index (χ1) is 8.23. The van der Waals surface area contributed by atoms with Gasteiger partial charge in [0.2, 0.25) is 4.27 Å². The number of amides is 1. The lowest BCUT2D eigenvalue weighted by molar-refractivity contribution is -0.124. The molecule has 0 N–H and O–H groups in total. The number of carbonyl (C=O) groups is 1. The van der Waals surface area contributed by atoms with Gasteiger partial charge >= 0.3 is 0 Å². The van der Waals surface area contributed by atoms with E-state index in [-0.39, 0.29) is 5.91 Å². The lowest BCUT2D eigenvalue weighted by atomic mass is 10.3. The summed E-state index contributed by atoms with van der Waals surface area (Å²) in [6.45, 7) is 0.606. The third kappa shape index (κ3) is 1.79. The minimum absolute atomic E-state index is 0.0683. The highest BCUT2D eigenvalue weighted by atomic mass is 32.2. The van der Waals surface area contributed by atoms with Crippen LogP contribution in [0.2, 0.25) is 0 Å². The van der Waals surface area contributed by atoms with Gasteiger partial charge in [-0.25, -0.2) is 0 Å². The van der Waals surface area contributed by atoms with Gasteiger partial charge in [0.25, 0.3) is 5.91 Å². The molecule has 2 saturated heterocycles. The molecular formula is C11H9NO2S3. The highest BCUT2D eigenvalue weighted by molar-refractivity contribution is 8.33. The summed E-state index contributed by atoms with van der Waals surface area (Å²) in [5.41, 5.74) is 0.808.